The van der Waals surface area contributed by atoms with Crippen molar-refractivity contribution in [1.82, 2.24) is 0 Å². The number of rotatable bonds is 6. The van der Waals surface area contributed by atoms with Gasteiger partial charge in [0.05, 0.1) is 18.3 Å². The van der Waals surface area contributed by atoms with Crippen LogP contribution in [0.3, 0.4) is 0 Å². The standard InChI is InChI=1S/C16H22O4/c1-6-19-16(18)12(5)14(17)13-9-7-8-11(4)15(13)20-10(2)3/h7-10,12H,6H2,1-5H3. The summed E-state index contributed by atoms with van der Waals surface area (Å²) in [4.78, 5) is 24.1. The molecule has 0 saturated carbocycles. The Morgan fingerprint density at radius 3 is 2.40 bits per heavy atom. The van der Waals surface area contributed by atoms with Crippen molar-refractivity contribution in [2.24, 2.45) is 5.92 Å². The van der Waals surface area contributed by atoms with E-state index in [-0.39, 0.29) is 18.5 Å². The second-order valence-electron chi connectivity index (χ2n) is 4.96. The topological polar surface area (TPSA) is 52.6 Å². The molecule has 1 rings (SSSR count). The first-order valence-corrected chi connectivity index (χ1v) is 6.85. The normalized spacial score (nSPS) is 12.1. The Balaban J connectivity index is 3.09. The minimum atomic E-state index is -0.828. The first-order valence-electron chi connectivity index (χ1n) is 6.85. The van der Waals surface area contributed by atoms with Crippen molar-refractivity contribution in [3.05, 3.63) is 29.3 Å². The van der Waals surface area contributed by atoms with E-state index in [0.717, 1.165) is 5.56 Å². The van der Waals surface area contributed by atoms with E-state index in [2.05, 4.69) is 0 Å². The first-order chi connectivity index (χ1) is 9.38. The number of hydrogen-bond donors (Lipinski definition) is 0. The molecule has 0 aliphatic rings. The highest BCUT2D eigenvalue weighted by atomic mass is 16.5. The van der Waals surface area contributed by atoms with Crippen LogP contribution in [0.25, 0.3) is 0 Å². The van der Waals surface area contributed by atoms with Gasteiger partial charge in [-0.3, -0.25) is 9.59 Å². The molecule has 0 saturated heterocycles. The number of ether oxygens (including phenoxy) is 2. The van der Waals surface area contributed by atoms with Gasteiger partial charge in [-0.15, -0.1) is 0 Å². The molecule has 0 aromatic heterocycles. The van der Waals surface area contributed by atoms with Gasteiger partial charge in [0.1, 0.15) is 11.7 Å². The van der Waals surface area contributed by atoms with E-state index in [0.29, 0.717) is 11.3 Å². The van der Waals surface area contributed by atoms with Crippen molar-refractivity contribution in [1.29, 1.82) is 0 Å². The van der Waals surface area contributed by atoms with Crippen molar-refractivity contribution in [3.63, 3.8) is 0 Å². The molecule has 0 fully saturated rings. The molecule has 1 aromatic carbocycles. The summed E-state index contributed by atoms with van der Waals surface area (Å²) >= 11 is 0. The van der Waals surface area contributed by atoms with Crippen LogP contribution < -0.4 is 4.74 Å². The van der Waals surface area contributed by atoms with Crippen LogP contribution in [0.5, 0.6) is 5.75 Å². The Kier molecular flexibility index (Phi) is 5.74. The van der Waals surface area contributed by atoms with Crippen molar-refractivity contribution in [2.45, 2.75) is 40.7 Å². The third kappa shape index (κ3) is 3.83. The van der Waals surface area contributed by atoms with E-state index in [9.17, 15) is 9.59 Å². The highest BCUT2D eigenvalue weighted by molar-refractivity contribution is 6.10. The SMILES string of the molecule is CCOC(=O)C(C)C(=O)c1cccc(C)c1OC(C)C. The summed E-state index contributed by atoms with van der Waals surface area (Å²) in [5.74, 6) is -1.06. The largest absolute Gasteiger partial charge is 0.490 e. The van der Waals surface area contributed by atoms with E-state index >= 15 is 0 Å². The molecular formula is C16H22O4. The van der Waals surface area contributed by atoms with Gasteiger partial charge in [-0.1, -0.05) is 12.1 Å². The molecule has 0 radical (unpaired) electrons. The second kappa shape index (κ2) is 7.08. The fraction of sp³-hybridized carbons (Fsp3) is 0.500. The molecule has 0 spiro atoms. The summed E-state index contributed by atoms with van der Waals surface area (Å²) in [7, 11) is 0. The number of Topliss-reactive ketones (excluding diaryl/α,β-unsaturated/α-hetero) is 1. The number of esters is 1. The van der Waals surface area contributed by atoms with Crippen molar-refractivity contribution in [2.75, 3.05) is 6.61 Å². The van der Waals surface area contributed by atoms with Gasteiger partial charge < -0.3 is 9.47 Å². The zero-order valence-corrected chi connectivity index (χ0v) is 12.7. The van der Waals surface area contributed by atoms with E-state index in [1.165, 1.54) is 0 Å². The average molecular weight is 278 g/mol. The zero-order valence-electron chi connectivity index (χ0n) is 12.7. The van der Waals surface area contributed by atoms with Gasteiger partial charge >= 0.3 is 5.97 Å². The highest BCUT2D eigenvalue weighted by Gasteiger charge is 2.27. The lowest BCUT2D eigenvalue weighted by atomic mass is 9.97. The molecule has 0 aliphatic heterocycles. The van der Waals surface area contributed by atoms with Gasteiger partial charge in [0.15, 0.2) is 5.78 Å². The minimum absolute atomic E-state index is 0.0412. The summed E-state index contributed by atoms with van der Waals surface area (Å²) in [6, 6.07) is 5.35. The number of ketones is 1. The van der Waals surface area contributed by atoms with Gasteiger partial charge in [0.2, 0.25) is 0 Å². The lowest BCUT2D eigenvalue weighted by molar-refractivity contribution is -0.145. The van der Waals surface area contributed by atoms with Crippen LogP contribution in [0.4, 0.5) is 0 Å². The number of para-hydroxylation sites is 1. The second-order valence-corrected chi connectivity index (χ2v) is 4.96. The van der Waals surface area contributed by atoms with Crippen LogP contribution in [0.15, 0.2) is 18.2 Å². The zero-order chi connectivity index (χ0) is 15.3. The molecule has 4 nitrogen and oxygen atoms in total. The summed E-state index contributed by atoms with van der Waals surface area (Å²) in [5.41, 5.74) is 1.31. The van der Waals surface area contributed by atoms with Gasteiger partial charge in [-0.05, 0) is 46.2 Å². The number of aryl methyl sites for hydroxylation is 1. The van der Waals surface area contributed by atoms with Gasteiger partial charge in [-0.25, -0.2) is 0 Å². The van der Waals surface area contributed by atoms with E-state index in [1.807, 2.05) is 26.8 Å². The molecule has 1 aromatic rings. The van der Waals surface area contributed by atoms with Crippen LogP contribution in [0.1, 0.15) is 43.6 Å². The molecule has 0 heterocycles. The van der Waals surface area contributed by atoms with Crippen LogP contribution in [-0.4, -0.2) is 24.5 Å². The monoisotopic (exact) mass is 278 g/mol. The number of benzene rings is 1. The van der Waals surface area contributed by atoms with Crippen molar-refractivity contribution >= 4 is 11.8 Å². The Bertz CT molecular complexity index is 491. The van der Waals surface area contributed by atoms with E-state index < -0.39 is 11.9 Å². The van der Waals surface area contributed by atoms with Crippen LogP contribution in [-0.2, 0) is 9.53 Å². The lowest BCUT2D eigenvalue weighted by Gasteiger charge is -2.17. The fourth-order valence-corrected chi connectivity index (χ4v) is 1.85. The smallest absolute Gasteiger partial charge is 0.316 e. The Labute approximate surface area is 120 Å². The molecule has 0 aliphatic carbocycles. The Morgan fingerprint density at radius 2 is 1.85 bits per heavy atom. The predicted octanol–water partition coefficient (Wildman–Crippen LogP) is 3.16. The van der Waals surface area contributed by atoms with Crippen LogP contribution in [0.2, 0.25) is 0 Å². The van der Waals surface area contributed by atoms with E-state index in [4.69, 9.17) is 9.47 Å². The van der Waals surface area contributed by atoms with Gasteiger partial charge in [0.25, 0.3) is 0 Å². The van der Waals surface area contributed by atoms with Crippen molar-refractivity contribution < 1.29 is 19.1 Å². The quantitative estimate of drug-likeness (QED) is 0.455. The molecular weight excluding hydrogens is 256 g/mol. The number of carbonyl (C=O) groups excluding carboxylic acids is 2. The molecule has 0 N–H and O–H groups in total. The van der Waals surface area contributed by atoms with E-state index in [1.54, 1.807) is 26.0 Å². The Hall–Kier alpha value is -1.84. The fourth-order valence-electron chi connectivity index (χ4n) is 1.85. The summed E-state index contributed by atoms with van der Waals surface area (Å²) in [6.45, 7) is 9.21. The minimum Gasteiger partial charge on any atom is -0.490 e. The number of hydrogen-bond acceptors (Lipinski definition) is 4. The summed E-state index contributed by atoms with van der Waals surface area (Å²) < 4.78 is 10.6. The summed E-state index contributed by atoms with van der Waals surface area (Å²) in [5, 5.41) is 0. The molecule has 0 bridgehead atoms. The predicted molar refractivity (Wildman–Crippen MR) is 77.1 cm³/mol. The maximum atomic E-state index is 12.4. The highest BCUT2D eigenvalue weighted by Crippen LogP contribution is 2.27. The number of carbonyl (C=O) groups is 2. The third-order valence-electron chi connectivity index (χ3n) is 2.86. The molecule has 1 atom stereocenters. The molecule has 1 unspecified atom stereocenters. The molecule has 110 valence electrons. The lowest BCUT2D eigenvalue weighted by Crippen LogP contribution is -2.24. The van der Waals surface area contributed by atoms with Crippen molar-refractivity contribution in [3.8, 4) is 5.75 Å². The van der Waals surface area contributed by atoms with Gasteiger partial charge in [-0.2, -0.15) is 0 Å². The first kappa shape index (κ1) is 16.2. The maximum absolute atomic E-state index is 12.4. The molecule has 20 heavy (non-hydrogen) atoms. The van der Waals surface area contributed by atoms with Gasteiger partial charge in [0, 0.05) is 0 Å². The summed E-state index contributed by atoms with van der Waals surface area (Å²) in [6.07, 6.45) is -0.0412. The van der Waals surface area contributed by atoms with Crippen LogP contribution in [0, 0.1) is 12.8 Å². The molecule has 4 heteroatoms. The third-order valence-corrected chi connectivity index (χ3v) is 2.86. The maximum Gasteiger partial charge on any atom is 0.316 e. The van der Waals surface area contributed by atoms with Crippen LogP contribution >= 0.6 is 0 Å². The molecule has 0 amide bonds. The average Bonchev–Trinajstić information content (AvgIpc) is 2.39. The Morgan fingerprint density at radius 1 is 1.20 bits per heavy atom.